The van der Waals surface area contributed by atoms with Gasteiger partial charge in [-0.3, -0.25) is 14.3 Å². The number of aryl methyl sites for hydroxylation is 1. The smallest absolute Gasteiger partial charge is 0.407 e. The Bertz CT molecular complexity index is 1580. The lowest BCUT2D eigenvalue weighted by molar-refractivity contribution is -0.171. The standard InChI is InChI=1S/C30H24N4O6/c1-33-16-18(15-31-33)14-26(29(37)40-34-27(35)23-12-6-7-13-24(23)28(34)36)32-30(38)39-17-25-21-10-4-2-8-19(21)20-9-3-5-11-22(20)25/h2-13,15-16,25-26H,14,17H2,1H3,(H,32,38). The van der Waals surface area contributed by atoms with E-state index in [-0.39, 0.29) is 30.1 Å². The molecule has 0 saturated carbocycles. The number of rotatable bonds is 7. The van der Waals surface area contributed by atoms with Gasteiger partial charge in [0, 0.05) is 25.6 Å². The zero-order valence-electron chi connectivity index (χ0n) is 21.4. The van der Waals surface area contributed by atoms with Crippen LogP contribution in [0.2, 0.25) is 0 Å². The minimum Gasteiger partial charge on any atom is -0.449 e. The number of imide groups is 1. The van der Waals surface area contributed by atoms with E-state index in [4.69, 9.17) is 9.57 Å². The number of alkyl carbamates (subject to hydrolysis) is 1. The molecule has 0 bridgehead atoms. The number of hydrogen-bond donors (Lipinski definition) is 1. The zero-order valence-corrected chi connectivity index (χ0v) is 21.4. The van der Waals surface area contributed by atoms with E-state index >= 15 is 0 Å². The maximum atomic E-state index is 13.2. The van der Waals surface area contributed by atoms with Crippen molar-refractivity contribution in [3.63, 3.8) is 0 Å². The molecule has 40 heavy (non-hydrogen) atoms. The first-order valence-electron chi connectivity index (χ1n) is 12.7. The van der Waals surface area contributed by atoms with E-state index in [1.165, 1.54) is 12.1 Å². The van der Waals surface area contributed by atoms with Crippen LogP contribution in [0.4, 0.5) is 4.79 Å². The van der Waals surface area contributed by atoms with Crippen LogP contribution in [-0.2, 0) is 27.8 Å². The van der Waals surface area contributed by atoms with Crippen molar-refractivity contribution in [1.82, 2.24) is 20.2 Å². The van der Waals surface area contributed by atoms with Gasteiger partial charge in [0.15, 0.2) is 0 Å². The van der Waals surface area contributed by atoms with E-state index in [0.717, 1.165) is 22.3 Å². The van der Waals surface area contributed by atoms with Crippen LogP contribution < -0.4 is 5.32 Å². The van der Waals surface area contributed by atoms with Gasteiger partial charge >= 0.3 is 12.1 Å². The Labute approximate surface area is 229 Å². The van der Waals surface area contributed by atoms with Gasteiger partial charge in [0.2, 0.25) is 0 Å². The maximum Gasteiger partial charge on any atom is 0.407 e. The van der Waals surface area contributed by atoms with E-state index in [0.29, 0.717) is 10.6 Å². The fourth-order valence-corrected chi connectivity index (χ4v) is 5.19. The quantitative estimate of drug-likeness (QED) is 0.358. The van der Waals surface area contributed by atoms with Crippen molar-refractivity contribution in [1.29, 1.82) is 0 Å². The summed E-state index contributed by atoms with van der Waals surface area (Å²) in [6, 6.07) is 20.8. The molecule has 1 unspecified atom stereocenters. The Morgan fingerprint density at radius 1 is 0.875 bits per heavy atom. The molecule has 10 heteroatoms. The number of hydrogen-bond acceptors (Lipinski definition) is 7. The number of nitrogens with one attached hydrogen (secondary N) is 1. The lowest BCUT2D eigenvalue weighted by Gasteiger charge is -2.20. The molecular weight excluding hydrogens is 512 g/mol. The third kappa shape index (κ3) is 4.49. The number of amides is 3. The van der Waals surface area contributed by atoms with E-state index in [1.54, 1.807) is 36.3 Å². The first kappa shape index (κ1) is 25.1. The second-order valence-electron chi connectivity index (χ2n) is 9.61. The molecule has 4 aromatic rings. The average Bonchev–Trinajstić information content (AvgIpc) is 3.60. The van der Waals surface area contributed by atoms with Gasteiger partial charge in [-0.2, -0.15) is 5.10 Å². The number of carbonyl (C=O) groups excluding carboxylic acids is 4. The second-order valence-corrected chi connectivity index (χ2v) is 9.61. The average molecular weight is 537 g/mol. The molecule has 1 N–H and O–H groups in total. The van der Waals surface area contributed by atoms with Crippen molar-refractivity contribution >= 4 is 23.9 Å². The molecule has 1 aliphatic carbocycles. The predicted molar refractivity (Wildman–Crippen MR) is 142 cm³/mol. The summed E-state index contributed by atoms with van der Waals surface area (Å²) in [7, 11) is 1.72. The monoisotopic (exact) mass is 536 g/mol. The minimum absolute atomic E-state index is 0.0000378. The van der Waals surface area contributed by atoms with E-state index < -0.39 is 29.9 Å². The zero-order chi connectivity index (χ0) is 27.8. The normalized spacial score (nSPS) is 14.4. The Morgan fingerprint density at radius 3 is 1.98 bits per heavy atom. The number of nitrogens with zero attached hydrogens (tertiary/aromatic N) is 3. The molecule has 2 heterocycles. The van der Waals surface area contributed by atoms with E-state index in [1.807, 2.05) is 48.5 Å². The molecule has 2 aliphatic rings. The van der Waals surface area contributed by atoms with Gasteiger partial charge in [-0.15, -0.1) is 0 Å². The van der Waals surface area contributed by atoms with Gasteiger partial charge in [-0.25, -0.2) is 9.59 Å². The number of hydroxylamine groups is 2. The first-order chi connectivity index (χ1) is 19.4. The molecule has 0 spiro atoms. The van der Waals surface area contributed by atoms with Crippen LogP contribution in [0.1, 0.15) is 43.3 Å². The molecule has 200 valence electrons. The fraction of sp³-hybridized carbons (Fsp3) is 0.167. The highest BCUT2D eigenvalue weighted by atomic mass is 16.7. The minimum atomic E-state index is -1.26. The maximum absolute atomic E-state index is 13.2. The van der Waals surface area contributed by atoms with Gasteiger partial charge in [0.25, 0.3) is 11.8 Å². The van der Waals surface area contributed by atoms with Gasteiger partial charge in [0.05, 0.1) is 17.3 Å². The van der Waals surface area contributed by atoms with Gasteiger partial charge in [0.1, 0.15) is 12.6 Å². The summed E-state index contributed by atoms with van der Waals surface area (Å²) in [6.45, 7) is 0.0485. The molecule has 6 rings (SSSR count). The molecule has 0 saturated heterocycles. The summed E-state index contributed by atoms with van der Waals surface area (Å²) in [5.74, 6) is -2.67. The molecule has 1 atom stereocenters. The predicted octanol–water partition coefficient (Wildman–Crippen LogP) is 3.62. The van der Waals surface area contributed by atoms with Crippen molar-refractivity contribution in [3.05, 3.63) is 113 Å². The largest absolute Gasteiger partial charge is 0.449 e. The third-order valence-corrected chi connectivity index (χ3v) is 7.06. The number of benzene rings is 3. The topological polar surface area (TPSA) is 120 Å². The molecule has 0 fully saturated rings. The summed E-state index contributed by atoms with van der Waals surface area (Å²) in [6.07, 6.45) is 2.39. The van der Waals surface area contributed by atoms with Crippen molar-refractivity contribution < 1.29 is 28.8 Å². The number of fused-ring (bicyclic) bond motifs is 4. The van der Waals surface area contributed by atoms with Crippen LogP contribution in [-0.4, -0.2) is 51.4 Å². The molecule has 3 amide bonds. The van der Waals surface area contributed by atoms with Crippen LogP contribution in [0, 0.1) is 0 Å². The molecular formula is C30H24N4O6. The first-order valence-corrected chi connectivity index (χ1v) is 12.7. The molecule has 3 aromatic carbocycles. The van der Waals surface area contributed by atoms with Crippen molar-refractivity contribution in [2.24, 2.45) is 7.05 Å². The van der Waals surface area contributed by atoms with Crippen LogP contribution in [0.15, 0.2) is 85.2 Å². The third-order valence-electron chi connectivity index (χ3n) is 7.06. The Hall–Kier alpha value is -5.25. The van der Waals surface area contributed by atoms with Crippen LogP contribution in [0.5, 0.6) is 0 Å². The lowest BCUT2D eigenvalue weighted by atomic mass is 9.98. The van der Waals surface area contributed by atoms with Gasteiger partial charge in [-0.05, 0) is 39.9 Å². The summed E-state index contributed by atoms with van der Waals surface area (Å²) in [4.78, 5) is 56.8. The molecule has 0 radical (unpaired) electrons. The van der Waals surface area contributed by atoms with Crippen LogP contribution >= 0.6 is 0 Å². The summed E-state index contributed by atoms with van der Waals surface area (Å²) >= 11 is 0. The van der Waals surface area contributed by atoms with Gasteiger partial charge < -0.3 is 14.9 Å². The van der Waals surface area contributed by atoms with E-state index in [2.05, 4.69) is 10.4 Å². The van der Waals surface area contributed by atoms with Crippen LogP contribution in [0.3, 0.4) is 0 Å². The SMILES string of the molecule is Cn1cc(CC(NC(=O)OCC2c3ccccc3-c3ccccc32)C(=O)ON2C(=O)c3ccccc3C2=O)cn1. The lowest BCUT2D eigenvalue weighted by Crippen LogP contribution is -2.47. The highest BCUT2D eigenvalue weighted by molar-refractivity contribution is 6.21. The number of carbonyl (C=O) groups is 4. The highest BCUT2D eigenvalue weighted by Crippen LogP contribution is 2.44. The Kier molecular flexibility index (Phi) is 6.35. The number of ether oxygens (including phenoxy) is 1. The summed E-state index contributed by atoms with van der Waals surface area (Å²) in [5, 5.41) is 7.06. The molecule has 1 aliphatic heterocycles. The highest BCUT2D eigenvalue weighted by Gasteiger charge is 2.40. The molecule has 1 aromatic heterocycles. The Morgan fingerprint density at radius 2 is 1.43 bits per heavy atom. The summed E-state index contributed by atoms with van der Waals surface area (Å²) < 4.78 is 7.15. The molecule has 10 nitrogen and oxygen atoms in total. The number of aromatic nitrogens is 2. The van der Waals surface area contributed by atoms with Crippen LogP contribution in [0.25, 0.3) is 11.1 Å². The summed E-state index contributed by atoms with van der Waals surface area (Å²) in [5.41, 5.74) is 5.17. The van der Waals surface area contributed by atoms with Crippen molar-refractivity contribution in [2.45, 2.75) is 18.4 Å². The van der Waals surface area contributed by atoms with Crippen molar-refractivity contribution in [2.75, 3.05) is 6.61 Å². The van der Waals surface area contributed by atoms with Gasteiger partial charge in [-0.1, -0.05) is 65.7 Å². The van der Waals surface area contributed by atoms with E-state index in [9.17, 15) is 19.2 Å². The fourth-order valence-electron chi connectivity index (χ4n) is 5.19. The second kappa shape index (κ2) is 10.1. The van der Waals surface area contributed by atoms with Crippen molar-refractivity contribution in [3.8, 4) is 11.1 Å². The Balaban J connectivity index is 1.17.